The van der Waals surface area contributed by atoms with Crippen molar-refractivity contribution in [2.24, 2.45) is 0 Å². The van der Waals surface area contributed by atoms with Gasteiger partial charge in [0, 0.05) is 67.9 Å². The number of nitro benzene ring substituents is 1. The van der Waals surface area contributed by atoms with Crippen LogP contribution in [0.4, 0.5) is 17.1 Å². The molecule has 1 amide bonds. The highest BCUT2D eigenvalue weighted by Gasteiger charge is 2.27. The summed E-state index contributed by atoms with van der Waals surface area (Å²) in [5, 5.41) is 12.7. The Balaban J connectivity index is 1.27. The highest BCUT2D eigenvalue weighted by atomic mass is 16.6. The van der Waals surface area contributed by atoms with Crippen molar-refractivity contribution < 1.29 is 9.72 Å². The van der Waals surface area contributed by atoms with E-state index in [-0.39, 0.29) is 16.5 Å². The molecule has 0 radical (unpaired) electrons. The first-order valence-corrected chi connectivity index (χ1v) is 10.5. The normalized spacial score (nSPS) is 16.5. The molecule has 0 aliphatic carbocycles. The predicted octanol–water partition coefficient (Wildman–Crippen LogP) is 2.85. The number of para-hydroxylation sites is 1. The molecule has 3 heterocycles. The van der Waals surface area contributed by atoms with Gasteiger partial charge < -0.3 is 9.80 Å². The van der Waals surface area contributed by atoms with E-state index in [1.807, 2.05) is 35.2 Å². The van der Waals surface area contributed by atoms with E-state index in [4.69, 9.17) is 0 Å². The molecule has 8 heteroatoms. The van der Waals surface area contributed by atoms with Crippen LogP contribution >= 0.6 is 0 Å². The topological polar surface area (TPSA) is 82.8 Å². The molecule has 1 aromatic heterocycles. The first-order valence-electron chi connectivity index (χ1n) is 10.5. The van der Waals surface area contributed by atoms with E-state index in [9.17, 15) is 14.9 Å². The lowest BCUT2D eigenvalue weighted by atomic mass is 10.1. The number of rotatable bonds is 4. The minimum Gasteiger partial charge on any atom is -0.368 e. The number of benzene rings is 2. The number of nitrogens with zero attached hydrogens (tertiary/aromatic N) is 5. The van der Waals surface area contributed by atoms with Crippen LogP contribution in [0.1, 0.15) is 5.56 Å². The zero-order valence-electron chi connectivity index (χ0n) is 17.1. The second-order valence-corrected chi connectivity index (χ2v) is 7.97. The molecule has 2 aliphatic rings. The third kappa shape index (κ3) is 3.59. The number of hydrogen-bond donors (Lipinski definition) is 0. The monoisotopic (exact) mass is 417 g/mol. The van der Waals surface area contributed by atoms with E-state index in [0.717, 1.165) is 55.9 Å². The molecular formula is C23H23N5O3. The minimum absolute atomic E-state index is 0.0713. The molecular weight excluding hydrogens is 394 g/mol. The van der Waals surface area contributed by atoms with Crippen molar-refractivity contribution in [1.29, 1.82) is 0 Å². The second-order valence-electron chi connectivity index (χ2n) is 7.97. The third-order valence-corrected chi connectivity index (χ3v) is 6.23. The van der Waals surface area contributed by atoms with Gasteiger partial charge in [0.05, 0.1) is 16.9 Å². The number of non-ortho nitro benzene ring substituents is 1. The first-order chi connectivity index (χ1) is 15.1. The van der Waals surface area contributed by atoms with Crippen molar-refractivity contribution in [3.05, 3.63) is 70.5 Å². The maximum atomic E-state index is 12.9. The van der Waals surface area contributed by atoms with Crippen molar-refractivity contribution in [2.45, 2.75) is 6.42 Å². The molecule has 0 atom stereocenters. The van der Waals surface area contributed by atoms with Gasteiger partial charge in [-0.2, -0.15) is 0 Å². The maximum absolute atomic E-state index is 12.9. The van der Waals surface area contributed by atoms with Crippen molar-refractivity contribution >= 4 is 33.7 Å². The van der Waals surface area contributed by atoms with Gasteiger partial charge in [0.1, 0.15) is 0 Å². The molecule has 31 heavy (non-hydrogen) atoms. The van der Waals surface area contributed by atoms with Crippen LogP contribution in [-0.2, 0) is 11.2 Å². The van der Waals surface area contributed by atoms with Crippen LogP contribution in [0, 0.1) is 10.1 Å². The van der Waals surface area contributed by atoms with Gasteiger partial charge in [-0.3, -0.25) is 24.8 Å². The number of pyridine rings is 1. The Bertz CT molecular complexity index is 1160. The Morgan fingerprint density at radius 1 is 0.968 bits per heavy atom. The van der Waals surface area contributed by atoms with Crippen LogP contribution in [0.3, 0.4) is 0 Å². The second kappa shape index (κ2) is 7.96. The van der Waals surface area contributed by atoms with E-state index in [1.54, 1.807) is 18.5 Å². The van der Waals surface area contributed by atoms with Gasteiger partial charge in [-0.25, -0.2) is 0 Å². The fraction of sp³-hybridized carbons (Fsp3) is 0.304. The largest absolute Gasteiger partial charge is 0.368 e. The van der Waals surface area contributed by atoms with E-state index < -0.39 is 0 Å². The van der Waals surface area contributed by atoms with Gasteiger partial charge in [0.2, 0.25) is 5.91 Å². The minimum atomic E-state index is -0.367. The molecule has 8 nitrogen and oxygen atoms in total. The highest BCUT2D eigenvalue weighted by Crippen LogP contribution is 2.33. The summed E-state index contributed by atoms with van der Waals surface area (Å²) < 4.78 is 0. The summed E-state index contributed by atoms with van der Waals surface area (Å²) in [4.78, 5) is 34.3. The van der Waals surface area contributed by atoms with E-state index in [1.165, 1.54) is 5.56 Å². The van der Waals surface area contributed by atoms with Crippen LogP contribution in [0.25, 0.3) is 10.8 Å². The van der Waals surface area contributed by atoms with Crippen molar-refractivity contribution in [3.63, 3.8) is 0 Å². The molecule has 158 valence electrons. The number of hydrogen-bond acceptors (Lipinski definition) is 6. The van der Waals surface area contributed by atoms with Crippen LogP contribution in [-0.4, -0.2) is 60.0 Å². The lowest BCUT2D eigenvalue weighted by Crippen LogP contribution is -2.50. The number of aromatic nitrogens is 1. The zero-order valence-corrected chi connectivity index (χ0v) is 17.1. The van der Waals surface area contributed by atoms with Gasteiger partial charge in [0.15, 0.2) is 0 Å². The molecule has 2 aromatic carbocycles. The van der Waals surface area contributed by atoms with Crippen LogP contribution < -0.4 is 9.80 Å². The van der Waals surface area contributed by atoms with Gasteiger partial charge in [-0.15, -0.1) is 0 Å². The Kier molecular flexibility index (Phi) is 4.99. The SMILES string of the molecule is O=C(CN1CCN(c2ccc([N+](=O)[O-])c3cnccc23)CC1)N1CCc2ccccc21. The number of nitro groups is 1. The predicted molar refractivity (Wildman–Crippen MR) is 120 cm³/mol. The lowest BCUT2D eigenvalue weighted by Gasteiger charge is -2.36. The van der Waals surface area contributed by atoms with E-state index in [0.29, 0.717) is 11.9 Å². The number of carbonyl (C=O) groups is 1. The average Bonchev–Trinajstić information content (AvgIpc) is 3.23. The summed E-state index contributed by atoms with van der Waals surface area (Å²) in [6, 6.07) is 13.3. The van der Waals surface area contributed by atoms with Gasteiger partial charge in [-0.05, 0) is 30.2 Å². The Hall–Kier alpha value is -3.52. The fourth-order valence-electron chi connectivity index (χ4n) is 4.62. The van der Waals surface area contributed by atoms with Crippen molar-refractivity contribution in [3.8, 4) is 0 Å². The molecule has 0 saturated carbocycles. The smallest absolute Gasteiger partial charge is 0.278 e. The van der Waals surface area contributed by atoms with Crippen LogP contribution in [0.5, 0.6) is 0 Å². The quantitative estimate of drug-likeness (QED) is 0.480. The van der Waals surface area contributed by atoms with Crippen LogP contribution in [0.15, 0.2) is 54.9 Å². The van der Waals surface area contributed by atoms with Gasteiger partial charge in [-0.1, -0.05) is 18.2 Å². The standard InChI is InChI=1S/C23H23N5O3/c29-23(27-10-8-17-3-1-2-4-20(17)27)16-25-11-13-26(14-12-25)21-5-6-22(28(30)31)19-15-24-9-7-18(19)21/h1-7,9,15H,8,10-14,16H2. The summed E-state index contributed by atoms with van der Waals surface area (Å²) in [7, 11) is 0. The number of amides is 1. The third-order valence-electron chi connectivity index (χ3n) is 6.23. The summed E-state index contributed by atoms with van der Waals surface area (Å²) in [5.41, 5.74) is 3.32. The Labute approximate surface area is 179 Å². The van der Waals surface area contributed by atoms with Crippen LogP contribution in [0.2, 0.25) is 0 Å². The zero-order chi connectivity index (χ0) is 21.4. The molecule has 1 saturated heterocycles. The molecule has 3 aromatic rings. The molecule has 5 rings (SSSR count). The number of piperazine rings is 1. The average molecular weight is 417 g/mol. The maximum Gasteiger partial charge on any atom is 0.278 e. The van der Waals surface area contributed by atoms with E-state index >= 15 is 0 Å². The van der Waals surface area contributed by atoms with Gasteiger partial charge in [0.25, 0.3) is 5.69 Å². The first kappa shape index (κ1) is 19.4. The van der Waals surface area contributed by atoms with Crippen molar-refractivity contribution in [2.75, 3.05) is 49.1 Å². The Morgan fingerprint density at radius 2 is 1.77 bits per heavy atom. The number of anilines is 2. The van der Waals surface area contributed by atoms with Gasteiger partial charge >= 0.3 is 0 Å². The molecule has 0 N–H and O–H groups in total. The lowest BCUT2D eigenvalue weighted by molar-refractivity contribution is -0.383. The summed E-state index contributed by atoms with van der Waals surface area (Å²) in [6.45, 7) is 4.22. The van der Waals surface area contributed by atoms with E-state index in [2.05, 4.69) is 20.9 Å². The molecule has 0 spiro atoms. The van der Waals surface area contributed by atoms with Crippen molar-refractivity contribution in [1.82, 2.24) is 9.88 Å². The Morgan fingerprint density at radius 3 is 2.58 bits per heavy atom. The summed E-state index contributed by atoms with van der Waals surface area (Å²) in [6.07, 6.45) is 4.13. The summed E-state index contributed by atoms with van der Waals surface area (Å²) >= 11 is 0. The number of carbonyl (C=O) groups excluding carboxylic acids is 1. The molecule has 0 unspecified atom stereocenters. The highest BCUT2D eigenvalue weighted by molar-refractivity contribution is 5.99. The fourth-order valence-corrected chi connectivity index (χ4v) is 4.62. The molecule has 1 fully saturated rings. The summed E-state index contributed by atoms with van der Waals surface area (Å²) in [5.74, 6) is 0.144. The molecule has 0 bridgehead atoms. The molecule has 2 aliphatic heterocycles. The number of fused-ring (bicyclic) bond motifs is 2.